The van der Waals surface area contributed by atoms with Crippen LogP contribution in [-0.2, 0) is 14.3 Å². The molecule has 0 radical (unpaired) electrons. The lowest BCUT2D eigenvalue weighted by Gasteiger charge is -2.66. The van der Waals surface area contributed by atoms with Crippen molar-refractivity contribution in [2.45, 2.75) is 124 Å². The molecule has 0 aromatic rings. The van der Waals surface area contributed by atoms with E-state index < -0.39 is 58.0 Å². The lowest BCUT2D eigenvalue weighted by atomic mass is 9.38. The molecule has 0 heterocycles. The van der Waals surface area contributed by atoms with Crippen molar-refractivity contribution >= 4 is 11.8 Å². The van der Waals surface area contributed by atoms with Crippen LogP contribution in [0.2, 0.25) is 0 Å². The first-order valence-corrected chi connectivity index (χ1v) is 14.6. The molecule has 4 aliphatic carbocycles. The van der Waals surface area contributed by atoms with E-state index in [0.29, 0.717) is 12.8 Å². The predicted molar refractivity (Wildman–Crippen MR) is 148 cm³/mol. The highest BCUT2D eigenvalue weighted by molar-refractivity contribution is 5.97. The van der Waals surface area contributed by atoms with Crippen LogP contribution < -0.4 is 0 Å². The second-order valence-corrected chi connectivity index (χ2v) is 15.1. The van der Waals surface area contributed by atoms with E-state index >= 15 is 0 Å². The lowest BCUT2D eigenvalue weighted by molar-refractivity contribution is -0.180. The fourth-order valence-electron chi connectivity index (χ4n) is 9.79. The number of allylic oxidation sites excluding steroid dienone is 1. The summed E-state index contributed by atoms with van der Waals surface area (Å²) in [5.41, 5.74) is -3.12. The summed E-state index contributed by atoms with van der Waals surface area (Å²) in [5.74, 6) is -1.34. The van der Waals surface area contributed by atoms with E-state index in [-0.39, 0.29) is 22.7 Å². The van der Waals surface area contributed by atoms with Crippen LogP contribution in [0.3, 0.4) is 0 Å². The molecule has 0 saturated heterocycles. The number of esters is 1. The average Bonchev–Trinajstić information content (AvgIpc) is 3.01. The van der Waals surface area contributed by atoms with Gasteiger partial charge in [-0.2, -0.15) is 0 Å². The average molecular weight is 547 g/mol. The van der Waals surface area contributed by atoms with Gasteiger partial charge in [0.05, 0.1) is 18.3 Å². The standard InChI is InChI=1S/C32H50O7/c1-18(33)39-27(2,3)13-12-24(36)32(9,38)25-22(35)17-31(8)23-11-10-19-20(16-21(34)26(37)28(19,4)5)29(23,6)14-15-30(25,31)7/h10,12-13,20-23,25-26,34-35,37-38H,11,14-17H2,1-9H3/b13-12+/t20-,21+,22-,23-,25+,26+,29+,30-,31+,32+/m1/s1. The van der Waals surface area contributed by atoms with Crippen molar-refractivity contribution in [3.05, 3.63) is 23.8 Å². The third kappa shape index (κ3) is 4.38. The van der Waals surface area contributed by atoms with Crippen molar-refractivity contribution in [3.8, 4) is 0 Å². The molecular weight excluding hydrogens is 496 g/mol. The smallest absolute Gasteiger partial charge is 0.303 e. The van der Waals surface area contributed by atoms with E-state index in [9.17, 15) is 30.0 Å². The fourth-order valence-corrected chi connectivity index (χ4v) is 9.79. The van der Waals surface area contributed by atoms with Gasteiger partial charge in [-0.15, -0.1) is 0 Å². The molecule has 0 unspecified atom stereocenters. The summed E-state index contributed by atoms with van der Waals surface area (Å²) in [7, 11) is 0. The van der Waals surface area contributed by atoms with Crippen LogP contribution >= 0.6 is 0 Å². The third-order valence-corrected chi connectivity index (χ3v) is 12.0. The maximum Gasteiger partial charge on any atom is 0.303 e. The summed E-state index contributed by atoms with van der Waals surface area (Å²) in [6.07, 6.45) is 5.95. The number of fused-ring (bicyclic) bond motifs is 5. The molecule has 0 bridgehead atoms. The second-order valence-electron chi connectivity index (χ2n) is 15.1. The largest absolute Gasteiger partial charge is 0.456 e. The molecule has 0 aromatic heterocycles. The Balaban J connectivity index is 1.69. The maximum absolute atomic E-state index is 13.5. The quantitative estimate of drug-likeness (QED) is 0.232. The second kappa shape index (κ2) is 9.23. The molecule has 3 saturated carbocycles. The molecule has 39 heavy (non-hydrogen) atoms. The highest BCUT2D eigenvalue weighted by Crippen LogP contribution is 2.75. The van der Waals surface area contributed by atoms with E-state index in [4.69, 9.17) is 4.74 Å². The van der Waals surface area contributed by atoms with Gasteiger partial charge in [0.2, 0.25) is 0 Å². The van der Waals surface area contributed by atoms with Gasteiger partial charge in [0, 0.05) is 18.3 Å². The van der Waals surface area contributed by atoms with Crippen LogP contribution in [0.15, 0.2) is 23.8 Å². The molecule has 7 heteroatoms. The van der Waals surface area contributed by atoms with Gasteiger partial charge >= 0.3 is 5.97 Å². The van der Waals surface area contributed by atoms with Crippen LogP contribution in [0.4, 0.5) is 0 Å². The summed E-state index contributed by atoms with van der Waals surface area (Å²) in [4.78, 5) is 24.9. The summed E-state index contributed by atoms with van der Waals surface area (Å²) >= 11 is 0. The summed E-state index contributed by atoms with van der Waals surface area (Å²) in [5, 5.41) is 45.0. The zero-order valence-corrected chi connectivity index (χ0v) is 25.2. The molecule has 220 valence electrons. The number of ether oxygens (including phenoxy) is 1. The molecule has 0 aromatic carbocycles. The number of aliphatic hydroxyl groups excluding tert-OH is 3. The van der Waals surface area contributed by atoms with Crippen molar-refractivity contribution in [2.75, 3.05) is 0 Å². The Kier molecular flexibility index (Phi) is 7.20. The van der Waals surface area contributed by atoms with Gasteiger partial charge in [-0.3, -0.25) is 9.59 Å². The van der Waals surface area contributed by atoms with Gasteiger partial charge in [-0.25, -0.2) is 0 Å². The van der Waals surface area contributed by atoms with E-state index in [1.54, 1.807) is 13.8 Å². The Bertz CT molecular complexity index is 1090. The molecule has 4 aliphatic rings. The van der Waals surface area contributed by atoms with Crippen molar-refractivity contribution in [2.24, 2.45) is 39.4 Å². The molecule has 3 fully saturated rings. The summed E-state index contributed by atoms with van der Waals surface area (Å²) in [6, 6.07) is 0. The fraction of sp³-hybridized carbons (Fsp3) is 0.812. The van der Waals surface area contributed by atoms with E-state index in [0.717, 1.165) is 19.3 Å². The molecule has 4 N–H and O–H groups in total. The van der Waals surface area contributed by atoms with Crippen LogP contribution in [0.25, 0.3) is 0 Å². The first kappa shape index (κ1) is 30.4. The highest BCUT2D eigenvalue weighted by Gasteiger charge is 2.72. The van der Waals surface area contributed by atoms with Gasteiger partial charge in [-0.05, 0) is 93.1 Å². The molecule has 0 aliphatic heterocycles. The van der Waals surface area contributed by atoms with E-state index in [1.807, 2.05) is 13.8 Å². The number of ketones is 1. The maximum atomic E-state index is 13.5. The Morgan fingerprint density at radius 3 is 2.21 bits per heavy atom. The van der Waals surface area contributed by atoms with Crippen LogP contribution in [0, 0.1) is 39.4 Å². The Morgan fingerprint density at radius 1 is 1.00 bits per heavy atom. The minimum absolute atomic E-state index is 0.121. The van der Waals surface area contributed by atoms with E-state index in [2.05, 4.69) is 26.8 Å². The van der Waals surface area contributed by atoms with Crippen molar-refractivity contribution in [3.63, 3.8) is 0 Å². The minimum atomic E-state index is -1.81. The molecule has 7 nitrogen and oxygen atoms in total. The number of carbonyl (C=O) groups excluding carboxylic acids is 2. The number of carbonyl (C=O) groups is 2. The highest BCUT2D eigenvalue weighted by atomic mass is 16.6. The zero-order chi connectivity index (χ0) is 29.6. The topological polar surface area (TPSA) is 124 Å². The van der Waals surface area contributed by atoms with Crippen LogP contribution in [-0.4, -0.2) is 61.7 Å². The summed E-state index contributed by atoms with van der Waals surface area (Å²) < 4.78 is 5.26. The SMILES string of the molecule is CC(=O)OC(C)(C)/C=C/C(=O)[C@](C)(O)[C@H]1[C@H](O)C[C@@]2(C)[C@@H]3CC=C4[C@@H](C[C@H](O)[C@H](O)C4(C)C)[C@]3(C)CC[C@]12C. The van der Waals surface area contributed by atoms with Crippen LogP contribution in [0.5, 0.6) is 0 Å². The monoisotopic (exact) mass is 546 g/mol. The minimum Gasteiger partial charge on any atom is -0.456 e. The Hall–Kier alpha value is -1.54. The normalized spacial score (nSPS) is 45.0. The first-order chi connectivity index (χ1) is 17.6. The zero-order valence-electron chi connectivity index (χ0n) is 25.2. The van der Waals surface area contributed by atoms with Gasteiger partial charge < -0.3 is 25.2 Å². The predicted octanol–water partition coefficient (Wildman–Crippen LogP) is 4.11. The summed E-state index contributed by atoms with van der Waals surface area (Å²) in [6.45, 7) is 16.9. The van der Waals surface area contributed by atoms with Crippen molar-refractivity contribution in [1.29, 1.82) is 0 Å². The van der Waals surface area contributed by atoms with Gasteiger partial charge in [0.25, 0.3) is 0 Å². The van der Waals surface area contributed by atoms with Crippen molar-refractivity contribution in [1.82, 2.24) is 0 Å². The Labute approximate surface area is 233 Å². The number of aliphatic hydroxyl groups is 4. The van der Waals surface area contributed by atoms with Gasteiger partial charge in [0.15, 0.2) is 5.78 Å². The number of rotatable bonds is 5. The van der Waals surface area contributed by atoms with Gasteiger partial charge in [0.1, 0.15) is 11.2 Å². The number of hydrogen-bond donors (Lipinski definition) is 4. The number of hydrogen-bond acceptors (Lipinski definition) is 7. The molecule has 0 spiro atoms. The molecular formula is C32H50O7. The molecule has 10 atom stereocenters. The molecule has 4 rings (SSSR count). The third-order valence-electron chi connectivity index (χ3n) is 12.0. The van der Waals surface area contributed by atoms with Gasteiger partial charge in [-0.1, -0.05) is 46.3 Å². The van der Waals surface area contributed by atoms with Crippen LogP contribution in [0.1, 0.15) is 94.4 Å². The first-order valence-electron chi connectivity index (χ1n) is 14.6. The Morgan fingerprint density at radius 2 is 1.62 bits per heavy atom. The lowest BCUT2D eigenvalue weighted by Crippen LogP contribution is -2.62. The van der Waals surface area contributed by atoms with Crippen molar-refractivity contribution < 1.29 is 34.8 Å². The van der Waals surface area contributed by atoms with E-state index in [1.165, 1.54) is 31.6 Å². The molecule has 0 amide bonds.